The SMILES string of the molecule is CC1Cc2c(Br)ccc(Br)c2CN1Cc1nc(C2CCCC2)no1. The monoisotopic (exact) mass is 453 g/mol. The van der Waals surface area contributed by atoms with Gasteiger partial charge in [0.05, 0.1) is 6.54 Å². The van der Waals surface area contributed by atoms with Gasteiger partial charge in [-0.1, -0.05) is 49.9 Å². The third-order valence-corrected chi connectivity index (χ3v) is 6.83. The lowest BCUT2D eigenvalue weighted by Gasteiger charge is -2.34. The van der Waals surface area contributed by atoms with Gasteiger partial charge in [-0.3, -0.25) is 4.90 Å². The fraction of sp³-hybridized carbons (Fsp3) is 0.556. The van der Waals surface area contributed by atoms with E-state index in [9.17, 15) is 0 Å². The molecule has 1 atom stereocenters. The third kappa shape index (κ3) is 3.20. The normalized spacial score (nSPS) is 22.0. The molecule has 0 bridgehead atoms. The number of halogens is 2. The highest BCUT2D eigenvalue weighted by atomic mass is 79.9. The second-order valence-corrected chi connectivity index (χ2v) is 8.68. The summed E-state index contributed by atoms with van der Waals surface area (Å²) in [5.41, 5.74) is 2.77. The largest absolute Gasteiger partial charge is 0.338 e. The van der Waals surface area contributed by atoms with Crippen LogP contribution in [0.25, 0.3) is 0 Å². The van der Waals surface area contributed by atoms with Gasteiger partial charge in [0.2, 0.25) is 5.89 Å². The number of fused-ring (bicyclic) bond motifs is 1. The van der Waals surface area contributed by atoms with Crippen molar-refractivity contribution >= 4 is 31.9 Å². The Morgan fingerprint density at radius 2 is 1.88 bits per heavy atom. The molecule has 1 fully saturated rings. The first-order valence-electron chi connectivity index (χ1n) is 8.64. The van der Waals surface area contributed by atoms with E-state index < -0.39 is 0 Å². The maximum atomic E-state index is 5.55. The van der Waals surface area contributed by atoms with Crippen LogP contribution < -0.4 is 0 Å². The molecule has 1 unspecified atom stereocenters. The Bertz CT molecular complexity index is 740. The van der Waals surface area contributed by atoms with Crippen molar-refractivity contribution < 1.29 is 4.52 Å². The summed E-state index contributed by atoms with van der Waals surface area (Å²) in [6, 6.07) is 4.68. The quantitative estimate of drug-likeness (QED) is 0.639. The number of rotatable bonds is 3. The first kappa shape index (κ1) is 16.7. The second kappa shape index (κ2) is 6.89. The molecule has 0 spiro atoms. The number of hydrogen-bond acceptors (Lipinski definition) is 4. The fourth-order valence-corrected chi connectivity index (χ4v) is 4.91. The van der Waals surface area contributed by atoms with Crippen LogP contribution in [0.5, 0.6) is 0 Å². The van der Waals surface area contributed by atoms with Crippen LogP contribution >= 0.6 is 31.9 Å². The van der Waals surface area contributed by atoms with E-state index in [2.05, 4.69) is 66.0 Å². The molecule has 0 radical (unpaired) electrons. The first-order chi connectivity index (χ1) is 11.6. The summed E-state index contributed by atoms with van der Waals surface area (Å²) in [6.07, 6.45) is 6.01. The summed E-state index contributed by atoms with van der Waals surface area (Å²) in [5, 5.41) is 4.24. The molecule has 0 N–H and O–H groups in total. The fourth-order valence-electron chi connectivity index (χ4n) is 3.88. The van der Waals surface area contributed by atoms with E-state index in [1.54, 1.807) is 0 Å². The van der Waals surface area contributed by atoms with Gasteiger partial charge in [0, 0.05) is 27.4 Å². The van der Waals surface area contributed by atoms with Gasteiger partial charge >= 0.3 is 0 Å². The second-order valence-electron chi connectivity index (χ2n) is 6.97. The van der Waals surface area contributed by atoms with E-state index in [4.69, 9.17) is 4.52 Å². The zero-order valence-corrected chi connectivity index (χ0v) is 16.9. The summed E-state index contributed by atoms with van der Waals surface area (Å²) in [4.78, 5) is 7.10. The van der Waals surface area contributed by atoms with Gasteiger partial charge in [-0.15, -0.1) is 0 Å². The lowest BCUT2D eigenvalue weighted by Crippen LogP contribution is -2.38. The zero-order chi connectivity index (χ0) is 16.7. The van der Waals surface area contributed by atoms with Gasteiger partial charge in [-0.05, 0) is 49.4 Å². The van der Waals surface area contributed by atoms with Crippen molar-refractivity contribution in [2.24, 2.45) is 0 Å². The summed E-state index contributed by atoms with van der Waals surface area (Å²) < 4.78 is 7.92. The average molecular weight is 455 g/mol. The highest BCUT2D eigenvalue weighted by Crippen LogP contribution is 2.35. The van der Waals surface area contributed by atoms with Crippen LogP contribution in [0.15, 0.2) is 25.6 Å². The molecule has 1 saturated carbocycles. The van der Waals surface area contributed by atoms with Gasteiger partial charge < -0.3 is 4.52 Å². The number of nitrogens with zero attached hydrogens (tertiary/aromatic N) is 3. The van der Waals surface area contributed by atoms with Crippen molar-refractivity contribution in [2.45, 2.75) is 64.1 Å². The molecule has 0 amide bonds. The molecule has 2 aromatic rings. The standard InChI is InChI=1S/C18H21Br2N3O/c1-11-8-13-14(16(20)7-6-15(13)19)9-23(11)10-17-21-18(22-24-17)12-4-2-3-5-12/h6-7,11-12H,2-5,8-10H2,1H3. The molecule has 4 nitrogen and oxygen atoms in total. The molecule has 24 heavy (non-hydrogen) atoms. The number of benzene rings is 1. The van der Waals surface area contributed by atoms with Crippen LogP contribution in [-0.4, -0.2) is 21.1 Å². The molecule has 2 heterocycles. The van der Waals surface area contributed by atoms with Crippen LogP contribution in [0, 0.1) is 0 Å². The Morgan fingerprint density at radius 3 is 2.62 bits per heavy atom. The molecule has 1 aliphatic carbocycles. The van der Waals surface area contributed by atoms with Gasteiger partial charge in [-0.25, -0.2) is 0 Å². The van der Waals surface area contributed by atoms with Crippen LogP contribution in [0.4, 0.5) is 0 Å². The topological polar surface area (TPSA) is 42.2 Å². The lowest BCUT2D eigenvalue weighted by atomic mass is 9.95. The van der Waals surface area contributed by atoms with Gasteiger partial charge in [0.1, 0.15) is 0 Å². The Balaban J connectivity index is 1.51. The van der Waals surface area contributed by atoms with Crippen molar-refractivity contribution in [2.75, 3.05) is 0 Å². The predicted molar refractivity (Wildman–Crippen MR) is 99.8 cm³/mol. The summed E-state index contributed by atoms with van der Waals surface area (Å²) in [7, 11) is 0. The van der Waals surface area contributed by atoms with Gasteiger partial charge in [0.25, 0.3) is 0 Å². The third-order valence-electron chi connectivity index (χ3n) is 5.34. The summed E-state index contributed by atoms with van der Waals surface area (Å²) in [6.45, 7) is 3.89. The predicted octanol–water partition coefficient (Wildman–Crippen LogP) is 5.20. The molecular weight excluding hydrogens is 434 g/mol. The van der Waals surface area contributed by atoms with Crippen molar-refractivity contribution in [1.82, 2.24) is 15.0 Å². The van der Waals surface area contributed by atoms with E-state index >= 15 is 0 Å². The van der Waals surface area contributed by atoms with E-state index in [1.165, 1.54) is 45.8 Å². The smallest absolute Gasteiger partial charge is 0.240 e. The van der Waals surface area contributed by atoms with Crippen molar-refractivity contribution in [3.8, 4) is 0 Å². The van der Waals surface area contributed by atoms with Crippen LogP contribution in [0.2, 0.25) is 0 Å². The highest BCUT2D eigenvalue weighted by Gasteiger charge is 2.28. The maximum Gasteiger partial charge on any atom is 0.240 e. The minimum Gasteiger partial charge on any atom is -0.338 e. The summed E-state index contributed by atoms with van der Waals surface area (Å²) in [5.74, 6) is 2.17. The Hall–Kier alpha value is -0.720. The lowest BCUT2D eigenvalue weighted by molar-refractivity contribution is 0.152. The van der Waals surface area contributed by atoms with Crippen molar-refractivity contribution in [1.29, 1.82) is 0 Å². The molecule has 1 aliphatic heterocycles. The van der Waals surface area contributed by atoms with Gasteiger partial charge in [-0.2, -0.15) is 4.98 Å². The van der Waals surface area contributed by atoms with E-state index in [0.29, 0.717) is 12.0 Å². The number of aromatic nitrogens is 2. The molecule has 2 aliphatic rings. The van der Waals surface area contributed by atoms with E-state index in [1.807, 2.05) is 0 Å². The van der Waals surface area contributed by atoms with Gasteiger partial charge in [0.15, 0.2) is 5.82 Å². The Morgan fingerprint density at radius 1 is 1.17 bits per heavy atom. The minimum atomic E-state index is 0.449. The zero-order valence-electron chi connectivity index (χ0n) is 13.8. The van der Waals surface area contributed by atoms with Crippen LogP contribution in [-0.2, 0) is 19.5 Å². The average Bonchev–Trinajstić information content (AvgIpc) is 3.23. The molecule has 4 rings (SSSR count). The van der Waals surface area contributed by atoms with Crippen molar-refractivity contribution in [3.63, 3.8) is 0 Å². The molecule has 1 aromatic carbocycles. The van der Waals surface area contributed by atoms with Crippen molar-refractivity contribution in [3.05, 3.63) is 43.9 Å². The molecule has 6 heteroatoms. The van der Waals surface area contributed by atoms with Crippen LogP contribution in [0.3, 0.4) is 0 Å². The first-order valence-corrected chi connectivity index (χ1v) is 10.2. The minimum absolute atomic E-state index is 0.449. The van der Waals surface area contributed by atoms with Crippen LogP contribution in [0.1, 0.15) is 61.4 Å². The van der Waals surface area contributed by atoms with E-state index in [-0.39, 0.29) is 0 Å². The molecule has 128 valence electrons. The van der Waals surface area contributed by atoms with E-state index in [0.717, 1.165) is 31.2 Å². The Labute approximate surface area is 159 Å². The summed E-state index contributed by atoms with van der Waals surface area (Å²) >= 11 is 7.39. The highest BCUT2D eigenvalue weighted by molar-refractivity contribution is 9.11. The molecular formula is C18H21Br2N3O. The maximum absolute atomic E-state index is 5.55. The molecule has 1 aromatic heterocycles. The molecule has 0 saturated heterocycles. The number of hydrogen-bond donors (Lipinski definition) is 0. The Kier molecular flexibility index (Phi) is 4.80.